The van der Waals surface area contributed by atoms with E-state index in [0.29, 0.717) is 19.3 Å². The van der Waals surface area contributed by atoms with Crippen LogP contribution in [0.2, 0.25) is 0 Å². The number of piperidine rings is 1. The Kier molecular flexibility index (Phi) is 7.00. The Morgan fingerprint density at radius 2 is 1.74 bits per heavy atom. The predicted molar refractivity (Wildman–Crippen MR) is 102 cm³/mol. The lowest BCUT2D eigenvalue weighted by atomic mass is 9.96. The van der Waals surface area contributed by atoms with Crippen LogP contribution in [0.4, 0.5) is 0 Å². The van der Waals surface area contributed by atoms with Gasteiger partial charge in [0.15, 0.2) is 0 Å². The van der Waals surface area contributed by atoms with E-state index in [4.69, 9.17) is 0 Å². The fraction of sp³-hybridized carbons (Fsp3) is 0.579. The van der Waals surface area contributed by atoms with E-state index in [9.17, 15) is 23.1 Å². The highest BCUT2D eigenvalue weighted by atomic mass is 32.2. The summed E-state index contributed by atoms with van der Waals surface area (Å²) in [5, 5.41) is 11.9. The van der Waals surface area contributed by atoms with Gasteiger partial charge in [-0.1, -0.05) is 31.5 Å². The fourth-order valence-corrected chi connectivity index (χ4v) is 4.67. The smallest absolute Gasteiger partial charge is 0.326 e. The van der Waals surface area contributed by atoms with Crippen LogP contribution in [-0.2, 0) is 19.6 Å². The van der Waals surface area contributed by atoms with Crippen molar-refractivity contribution in [3.05, 3.63) is 29.8 Å². The first-order chi connectivity index (χ1) is 12.6. The number of carboxylic acids is 1. The molecule has 1 fully saturated rings. The molecule has 27 heavy (non-hydrogen) atoms. The van der Waals surface area contributed by atoms with E-state index >= 15 is 0 Å². The number of benzene rings is 1. The number of hydrogen-bond donors (Lipinski definition) is 2. The third kappa shape index (κ3) is 5.52. The van der Waals surface area contributed by atoms with Crippen LogP contribution in [0.25, 0.3) is 0 Å². The molecular formula is C19H28N2O5S. The fourth-order valence-electron chi connectivity index (χ4n) is 3.20. The number of carboxylic acid groups (broad SMARTS) is 1. The van der Waals surface area contributed by atoms with Gasteiger partial charge in [0.05, 0.1) is 4.90 Å². The topological polar surface area (TPSA) is 104 Å². The van der Waals surface area contributed by atoms with Crippen molar-refractivity contribution in [2.75, 3.05) is 13.1 Å². The number of sulfonamides is 1. The molecule has 1 saturated heterocycles. The van der Waals surface area contributed by atoms with E-state index in [2.05, 4.69) is 5.32 Å². The van der Waals surface area contributed by atoms with Crippen molar-refractivity contribution in [1.29, 1.82) is 0 Å². The number of carbonyl (C=O) groups is 2. The predicted octanol–water partition coefficient (Wildman–Crippen LogP) is 2.01. The van der Waals surface area contributed by atoms with Gasteiger partial charge in [0, 0.05) is 19.0 Å². The van der Waals surface area contributed by atoms with Crippen LogP contribution in [0.5, 0.6) is 0 Å². The summed E-state index contributed by atoms with van der Waals surface area (Å²) in [4.78, 5) is 24.0. The molecule has 150 valence electrons. The van der Waals surface area contributed by atoms with Gasteiger partial charge in [-0.3, -0.25) is 4.79 Å². The lowest BCUT2D eigenvalue weighted by molar-refractivity contribution is -0.143. The summed E-state index contributed by atoms with van der Waals surface area (Å²) in [6, 6.07) is 5.79. The average molecular weight is 397 g/mol. The first-order valence-electron chi connectivity index (χ1n) is 9.21. The van der Waals surface area contributed by atoms with E-state index in [0.717, 1.165) is 5.56 Å². The number of aliphatic carboxylic acids is 1. The minimum atomic E-state index is -3.57. The zero-order valence-corrected chi connectivity index (χ0v) is 16.8. The molecular weight excluding hydrogens is 368 g/mol. The summed E-state index contributed by atoms with van der Waals surface area (Å²) < 4.78 is 26.8. The average Bonchev–Trinajstić information content (AvgIpc) is 2.61. The zero-order chi connectivity index (χ0) is 20.2. The maximum Gasteiger partial charge on any atom is 0.326 e. The minimum absolute atomic E-state index is 0.146. The molecule has 1 aliphatic heterocycles. The van der Waals surface area contributed by atoms with Gasteiger partial charge in [-0.25, -0.2) is 13.2 Å². The van der Waals surface area contributed by atoms with Crippen molar-refractivity contribution in [3.63, 3.8) is 0 Å². The van der Waals surface area contributed by atoms with Crippen LogP contribution in [0.3, 0.4) is 0 Å². The number of carbonyl (C=O) groups excluding carboxylic acids is 1. The molecule has 0 radical (unpaired) electrons. The first kappa shape index (κ1) is 21.4. The maximum absolute atomic E-state index is 12.7. The Morgan fingerprint density at radius 3 is 2.22 bits per heavy atom. The van der Waals surface area contributed by atoms with E-state index in [-0.39, 0.29) is 35.7 Å². The molecule has 0 bridgehead atoms. The third-order valence-electron chi connectivity index (χ3n) is 4.81. The highest BCUT2D eigenvalue weighted by molar-refractivity contribution is 7.89. The molecule has 0 aromatic heterocycles. The standard InChI is InChI=1S/C19H28N2O5S/c1-13(2)12-17(19(23)24)20-18(22)15-8-10-21(11-9-15)27(25,26)16-6-4-14(3)5-7-16/h4-7,13,15,17H,8-12H2,1-3H3,(H,20,22)(H,23,24)/t17-/m0/s1. The van der Waals surface area contributed by atoms with Crippen molar-refractivity contribution in [2.24, 2.45) is 11.8 Å². The summed E-state index contributed by atoms with van der Waals surface area (Å²) in [7, 11) is -3.57. The Hall–Kier alpha value is -1.93. The molecule has 1 aliphatic rings. The SMILES string of the molecule is Cc1ccc(S(=O)(=O)N2CCC(C(=O)N[C@@H](CC(C)C)C(=O)O)CC2)cc1. The molecule has 0 spiro atoms. The lowest BCUT2D eigenvalue weighted by Gasteiger charge is -2.31. The van der Waals surface area contributed by atoms with Gasteiger partial charge in [0.25, 0.3) is 0 Å². The Balaban J connectivity index is 1.96. The van der Waals surface area contributed by atoms with Crippen molar-refractivity contribution in [1.82, 2.24) is 9.62 Å². The van der Waals surface area contributed by atoms with Gasteiger partial charge in [-0.05, 0) is 44.2 Å². The van der Waals surface area contributed by atoms with Crippen LogP contribution in [0.15, 0.2) is 29.2 Å². The second-order valence-corrected chi connectivity index (χ2v) is 9.46. The summed E-state index contributed by atoms with van der Waals surface area (Å²) in [5.41, 5.74) is 0.985. The number of hydrogen-bond acceptors (Lipinski definition) is 4. The number of nitrogens with one attached hydrogen (secondary N) is 1. The third-order valence-corrected chi connectivity index (χ3v) is 6.72. The molecule has 0 saturated carbocycles. The number of aryl methyl sites for hydroxylation is 1. The number of nitrogens with zero attached hydrogens (tertiary/aromatic N) is 1. The quantitative estimate of drug-likeness (QED) is 0.734. The summed E-state index contributed by atoms with van der Waals surface area (Å²) in [6.45, 7) is 6.18. The lowest BCUT2D eigenvalue weighted by Crippen LogP contribution is -2.47. The summed E-state index contributed by atoms with van der Waals surface area (Å²) in [6.07, 6.45) is 1.12. The largest absolute Gasteiger partial charge is 0.480 e. The highest BCUT2D eigenvalue weighted by Gasteiger charge is 2.33. The van der Waals surface area contributed by atoms with E-state index < -0.39 is 22.0 Å². The van der Waals surface area contributed by atoms with Gasteiger partial charge in [-0.15, -0.1) is 0 Å². The van der Waals surface area contributed by atoms with Gasteiger partial charge in [0.2, 0.25) is 15.9 Å². The summed E-state index contributed by atoms with van der Waals surface area (Å²) >= 11 is 0. The summed E-state index contributed by atoms with van der Waals surface area (Å²) in [5.74, 6) is -1.58. The molecule has 1 atom stereocenters. The van der Waals surface area contributed by atoms with Crippen LogP contribution < -0.4 is 5.32 Å². The zero-order valence-electron chi connectivity index (χ0n) is 16.0. The van der Waals surface area contributed by atoms with Crippen molar-refractivity contribution in [3.8, 4) is 0 Å². The molecule has 1 aromatic carbocycles. The van der Waals surface area contributed by atoms with Crippen LogP contribution in [0, 0.1) is 18.8 Å². The van der Waals surface area contributed by atoms with Crippen LogP contribution in [0.1, 0.15) is 38.7 Å². The minimum Gasteiger partial charge on any atom is -0.480 e. The monoisotopic (exact) mass is 396 g/mol. The molecule has 1 amide bonds. The van der Waals surface area contributed by atoms with E-state index in [1.807, 2.05) is 20.8 Å². The molecule has 1 aromatic rings. The normalized spacial score (nSPS) is 17.6. The molecule has 8 heteroatoms. The Bertz CT molecular complexity index is 766. The van der Waals surface area contributed by atoms with Crippen molar-refractivity contribution < 1.29 is 23.1 Å². The molecule has 1 heterocycles. The second-order valence-electron chi connectivity index (χ2n) is 7.52. The molecule has 2 rings (SSSR count). The first-order valence-corrected chi connectivity index (χ1v) is 10.6. The molecule has 7 nitrogen and oxygen atoms in total. The van der Waals surface area contributed by atoms with Crippen molar-refractivity contribution in [2.45, 2.75) is 51.0 Å². The molecule has 0 aliphatic carbocycles. The second kappa shape index (κ2) is 8.84. The molecule has 2 N–H and O–H groups in total. The van der Waals surface area contributed by atoms with Crippen molar-refractivity contribution >= 4 is 21.9 Å². The van der Waals surface area contributed by atoms with Gasteiger partial charge >= 0.3 is 5.97 Å². The Labute approximate surface area is 160 Å². The Morgan fingerprint density at radius 1 is 1.19 bits per heavy atom. The van der Waals surface area contributed by atoms with Crippen LogP contribution in [-0.4, -0.2) is 48.8 Å². The highest BCUT2D eigenvalue weighted by Crippen LogP contribution is 2.24. The molecule has 0 unspecified atom stereocenters. The van der Waals surface area contributed by atoms with E-state index in [1.165, 1.54) is 4.31 Å². The maximum atomic E-state index is 12.7. The van der Waals surface area contributed by atoms with Crippen LogP contribution >= 0.6 is 0 Å². The van der Waals surface area contributed by atoms with Gasteiger partial charge in [0.1, 0.15) is 6.04 Å². The number of rotatable bonds is 7. The number of amides is 1. The van der Waals surface area contributed by atoms with E-state index in [1.54, 1.807) is 24.3 Å². The van der Waals surface area contributed by atoms with Gasteiger partial charge in [-0.2, -0.15) is 4.31 Å². The van der Waals surface area contributed by atoms with Gasteiger partial charge < -0.3 is 10.4 Å².